The van der Waals surface area contributed by atoms with Crippen LogP contribution in [0.15, 0.2) is 18.2 Å². The highest BCUT2D eigenvalue weighted by Gasteiger charge is 2.21. The van der Waals surface area contributed by atoms with Crippen LogP contribution >= 0.6 is 0 Å². The zero-order valence-corrected chi connectivity index (χ0v) is 10.9. The molecule has 1 aliphatic rings. The third kappa shape index (κ3) is 3.51. The highest BCUT2D eigenvalue weighted by Crippen LogP contribution is 2.26. The van der Waals surface area contributed by atoms with E-state index >= 15 is 0 Å². The topological polar surface area (TPSA) is 84.3 Å². The number of para-hydroxylation sites is 1. The molecule has 0 heterocycles. The van der Waals surface area contributed by atoms with E-state index in [1.54, 1.807) is 0 Å². The normalized spacial score (nSPS) is 15.2. The molecule has 1 amide bonds. The van der Waals surface area contributed by atoms with Crippen molar-refractivity contribution >= 4 is 17.3 Å². The molecule has 1 aromatic rings. The van der Waals surface area contributed by atoms with Crippen molar-refractivity contribution in [1.82, 2.24) is 5.32 Å². The lowest BCUT2D eigenvalue weighted by atomic mass is 10.2. The molecule has 1 saturated carbocycles. The number of anilines is 1. The molecular weight excluding hydrogens is 265 g/mol. The van der Waals surface area contributed by atoms with Gasteiger partial charge < -0.3 is 10.6 Å². The van der Waals surface area contributed by atoms with Crippen LogP contribution in [0.2, 0.25) is 0 Å². The minimum atomic E-state index is -0.812. The van der Waals surface area contributed by atoms with Crippen molar-refractivity contribution in [3.8, 4) is 0 Å². The number of hydrogen-bond acceptors (Lipinski definition) is 4. The van der Waals surface area contributed by atoms with Crippen molar-refractivity contribution in [1.29, 1.82) is 0 Å². The highest BCUT2D eigenvalue weighted by molar-refractivity contribution is 5.94. The van der Waals surface area contributed by atoms with Crippen LogP contribution in [0.5, 0.6) is 0 Å². The summed E-state index contributed by atoms with van der Waals surface area (Å²) in [4.78, 5) is 21.8. The predicted octanol–water partition coefficient (Wildman–Crippen LogP) is 2.20. The molecule has 108 valence electrons. The molecule has 0 saturated heterocycles. The van der Waals surface area contributed by atoms with Gasteiger partial charge in [-0.1, -0.05) is 18.9 Å². The number of nitro benzene ring substituents is 1. The molecule has 0 bridgehead atoms. The summed E-state index contributed by atoms with van der Waals surface area (Å²) in [5.41, 5.74) is -0.824. The largest absolute Gasteiger partial charge is 0.317 e. The van der Waals surface area contributed by atoms with E-state index in [4.69, 9.17) is 0 Å². The summed E-state index contributed by atoms with van der Waals surface area (Å²) in [5, 5.41) is 16.1. The van der Waals surface area contributed by atoms with E-state index in [9.17, 15) is 19.3 Å². The maximum atomic E-state index is 13.6. The molecule has 6 nitrogen and oxygen atoms in total. The van der Waals surface area contributed by atoms with Gasteiger partial charge in [0.15, 0.2) is 11.5 Å². The van der Waals surface area contributed by atoms with Crippen LogP contribution in [0.3, 0.4) is 0 Å². The van der Waals surface area contributed by atoms with Crippen molar-refractivity contribution < 1.29 is 14.1 Å². The Balaban J connectivity index is 1.98. The van der Waals surface area contributed by atoms with E-state index in [-0.39, 0.29) is 12.2 Å². The minimum Gasteiger partial charge on any atom is -0.317 e. The Kier molecular flexibility index (Phi) is 4.62. The number of carbonyl (C=O) groups excluding carboxylic acids is 1. The summed E-state index contributed by atoms with van der Waals surface area (Å²) in [7, 11) is 0. The number of amides is 1. The number of benzene rings is 1. The number of hydrogen-bond donors (Lipinski definition) is 2. The lowest BCUT2D eigenvalue weighted by Crippen LogP contribution is -2.34. The summed E-state index contributed by atoms with van der Waals surface area (Å²) < 4.78 is 13.6. The number of nitrogens with zero attached hydrogens (tertiary/aromatic N) is 1. The van der Waals surface area contributed by atoms with Gasteiger partial charge in [-0.25, -0.2) is 4.39 Å². The maximum Gasteiger partial charge on any atom is 0.295 e. The minimum absolute atomic E-state index is 0.0240. The number of nitrogens with one attached hydrogen (secondary N) is 2. The molecule has 0 unspecified atom stereocenters. The van der Waals surface area contributed by atoms with Crippen LogP contribution in [0.1, 0.15) is 25.7 Å². The summed E-state index contributed by atoms with van der Waals surface area (Å²) in [5.74, 6) is -1.29. The van der Waals surface area contributed by atoms with Crippen molar-refractivity contribution in [2.45, 2.75) is 31.7 Å². The number of nitro groups is 1. The van der Waals surface area contributed by atoms with Crippen LogP contribution in [0.4, 0.5) is 15.8 Å². The fraction of sp³-hybridized carbons (Fsp3) is 0.462. The quantitative estimate of drug-likeness (QED) is 0.640. The average molecular weight is 281 g/mol. The van der Waals surface area contributed by atoms with Crippen molar-refractivity contribution in [3.05, 3.63) is 34.1 Å². The van der Waals surface area contributed by atoms with Gasteiger partial charge in [-0.3, -0.25) is 14.9 Å². The average Bonchev–Trinajstić information content (AvgIpc) is 2.91. The Morgan fingerprint density at radius 1 is 1.40 bits per heavy atom. The fourth-order valence-electron chi connectivity index (χ4n) is 2.34. The monoisotopic (exact) mass is 281 g/mol. The van der Waals surface area contributed by atoms with Gasteiger partial charge in [-0.2, -0.15) is 0 Å². The van der Waals surface area contributed by atoms with Crippen LogP contribution in [-0.4, -0.2) is 23.4 Å². The Hall–Kier alpha value is -2.02. The number of halogens is 1. The van der Waals surface area contributed by atoms with E-state index in [0.29, 0.717) is 6.04 Å². The summed E-state index contributed by atoms with van der Waals surface area (Å²) in [6.45, 7) is 0.0240. The Bertz CT molecular complexity index is 516. The fourth-order valence-corrected chi connectivity index (χ4v) is 2.34. The maximum absolute atomic E-state index is 13.6. The molecule has 2 N–H and O–H groups in total. The SMILES string of the molecule is O=C(CNC1CCCC1)Nc1c(F)cccc1[N+](=O)[O-]. The van der Waals surface area contributed by atoms with Crippen LogP contribution in [0, 0.1) is 15.9 Å². The van der Waals surface area contributed by atoms with Gasteiger partial charge in [-0.15, -0.1) is 0 Å². The molecule has 0 radical (unpaired) electrons. The van der Waals surface area contributed by atoms with E-state index in [1.807, 2.05) is 0 Å². The number of rotatable bonds is 5. The van der Waals surface area contributed by atoms with Gasteiger partial charge in [0, 0.05) is 12.1 Å². The van der Waals surface area contributed by atoms with Gasteiger partial charge in [0.1, 0.15) is 0 Å². The van der Waals surface area contributed by atoms with E-state index in [1.165, 1.54) is 6.07 Å². The van der Waals surface area contributed by atoms with Crippen LogP contribution in [-0.2, 0) is 4.79 Å². The molecule has 0 aliphatic heterocycles. The van der Waals surface area contributed by atoms with Crippen molar-refractivity contribution in [3.63, 3.8) is 0 Å². The van der Waals surface area contributed by atoms with E-state index in [2.05, 4.69) is 10.6 Å². The molecular formula is C13H16FN3O3. The molecule has 0 atom stereocenters. The molecule has 20 heavy (non-hydrogen) atoms. The third-order valence-corrected chi connectivity index (χ3v) is 3.36. The van der Waals surface area contributed by atoms with Gasteiger partial charge in [0.05, 0.1) is 11.5 Å². The molecule has 0 spiro atoms. The molecule has 1 aliphatic carbocycles. The summed E-state index contributed by atoms with van der Waals surface area (Å²) >= 11 is 0. The molecule has 7 heteroatoms. The predicted molar refractivity (Wildman–Crippen MR) is 71.9 cm³/mol. The van der Waals surface area contributed by atoms with Crippen LogP contribution in [0.25, 0.3) is 0 Å². The van der Waals surface area contributed by atoms with Gasteiger partial charge >= 0.3 is 0 Å². The van der Waals surface area contributed by atoms with Crippen molar-refractivity contribution in [2.75, 3.05) is 11.9 Å². The first kappa shape index (κ1) is 14.4. The smallest absolute Gasteiger partial charge is 0.295 e. The lowest BCUT2D eigenvalue weighted by molar-refractivity contribution is -0.384. The second-order valence-electron chi connectivity index (χ2n) is 4.80. The third-order valence-electron chi connectivity index (χ3n) is 3.36. The molecule has 1 fully saturated rings. The van der Waals surface area contributed by atoms with E-state index < -0.39 is 22.3 Å². The van der Waals surface area contributed by atoms with Gasteiger partial charge in [-0.05, 0) is 18.9 Å². The van der Waals surface area contributed by atoms with Crippen molar-refractivity contribution in [2.24, 2.45) is 0 Å². The first-order chi connectivity index (χ1) is 9.58. The zero-order chi connectivity index (χ0) is 14.5. The lowest BCUT2D eigenvalue weighted by Gasteiger charge is -2.12. The summed E-state index contributed by atoms with van der Waals surface area (Å²) in [6, 6.07) is 3.77. The van der Waals surface area contributed by atoms with Gasteiger partial charge in [0.2, 0.25) is 5.91 Å². The second-order valence-corrected chi connectivity index (χ2v) is 4.80. The Morgan fingerprint density at radius 3 is 2.75 bits per heavy atom. The Labute approximate surface area is 115 Å². The number of carbonyl (C=O) groups is 1. The second kappa shape index (κ2) is 6.42. The van der Waals surface area contributed by atoms with Crippen LogP contribution < -0.4 is 10.6 Å². The first-order valence-corrected chi connectivity index (χ1v) is 6.54. The Morgan fingerprint density at radius 2 is 2.10 bits per heavy atom. The standard InChI is InChI=1S/C13H16FN3O3/c14-10-6-3-7-11(17(19)20)13(10)16-12(18)8-15-9-4-1-2-5-9/h3,6-7,9,15H,1-2,4-5,8H2,(H,16,18). The molecule has 1 aromatic carbocycles. The summed E-state index contributed by atoms with van der Waals surface area (Å²) in [6.07, 6.45) is 4.32. The first-order valence-electron chi connectivity index (χ1n) is 6.54. The zero-order valence-electron chi connectivity index (χ0n) is 10.9. The van der Waals surface area contributed by atoms with Gasteiger partial charge in [0.25, 0.3) is 5.69 Å². The highest BCUT2D eigenvalue weighted by atomic mass is 19.1. The molecule has 0 aromatic heterocycles. The van der Waals surface area contributed by atoms with E-state index in [0.717, 1.165) is 37.8 Å². The molecule has 2 rings (SSSR count).